The summed E-state index contributed by atoms with van der Waals surface area (Å²) in [5.74, 6) is 1.17. The van der Waals surface area contributed by atoms with Crippen LogP contribution in [0.3, 0.4) is 0 Å². The molecule has 1 fully saturated rings. The van der Waals surface area contributed by atoms with Crippen molar-refractivity contribution in [3.63, 3.8) is 0 Å². The Hall–Kier alpha value is -0.220. The Morgan fingerprint density at radius 2 is 2.50 bits per heavy atom. The quantitative estimate of drug-likeness (QED) is 0.672. The summed E-state index contributed by atoms with van der Waals surface area (Å²) in [5.41, 5.74) is 5.18. The smallest absolute Gasteiger partial charge is 0.233 e. The Morgan fingerprint density at radius 3 is 3.00 bits per heavy atom. The van der Waals surface area contributed by atoms with Crippen LogP contribution in [0.15, 0.2) is 0 Å². The van der Waals surface area contributed by atoms with Crippen LogP contribution >= 0.6 is 11.8 Å². The van der Waals surface area contributed by atoms with E-state index in [9.17, 15) is 4.79 Å². The van der Waals surface area contributed by atoms with E-state index in [2.05, 4.69) is 12.2 Å². The minimum absolute atomic E-state index is 0.0521. The van der Waals surface area contributed by atoms with Crippen LogP contribution < -0.4 is 11.1 Å². The summed E-state index contributed by atoms with van der Waals surface area (Å²) in [4.78, 5) is 10.9. The van der Waals surface area contributed by atoms with Gasteiger partial charge in [-0.2, -0.15) is 11.8 Å². The summed E-state index contributed by atoms with van der Waals surface area (Å²) < 4.78 is 0.255. The molecule has 1 atom stereocenters. The second kappa shape index (κ2) is 4.14. The summed E-state index contributed by atoms with van der Waals surface area (Å²) in [7, 11) is 0. The fourth-order valence-corrected chi connectivity index (χ4v) is 2.58. The van der Waals surface area contributed by atoms with Gasteiger partial charge in [0.05, 0.1) is 6.54 Å². The van der Waals surface area contributed by atoms with Gasteiger partial charge in [-0.25, -0.2) is 0 Å². The van der Waals surface area contributed by atoms with E-state index in [4.69, 9.17) is 5.73 Å². The highest BCUT2D eigenvalue weighted by Crippen LogP contribution is 2.36. The third-order valence-corrected chi connectivity index (χ3v) is 3.68. The van der Waals surface area contributed by atoms with Gasteiger partial charge in [-0.15, -0.1) is 0 Å². The van der Waals surface area contributed by atoms with Crippen molar-refractivity contribution >= 4 is 17.7 Å². The third-order valence-electron chi connectivity index (χ3n) is 2.15. The molecule has 1 rings (SSSR count). The molecule has 1 aliphatic rings. The van der Waals surface area contributed by atoms with Gasteiger partial charge in [-0.1, -0.05) is 0 Å². The van der Waals surface area contributed by atoms with E-state index in [1.807, 2.05) is 11.8 Å². The molecule has 0 saturated carbocycles. The van der Waals surface area contributed by atoms with Gasteiger partial charge in [0.15, 0.2) is 0 Å². The predicted molar refractivity (Wildman–Crippen MR) is 52.2 cm³/mol. The zero-order chi connectivity index (χ0) is 9.03. The summed E-state index contributed by atoms with van der Waals surface area (Å²) in [6, 6.07) is 0. The second-order valence-corrected chi connectivity index (χ2v) is 5.07. The van der Waals surface area contributed by atoms with Gasteiger partial charge >= 0.3 is 0 Å². The van der Waals surface area contributed by atoms with Crippen molar-refractivity contribution in [2.24, 2.45) is 5.73 Å². The number of nitrogens with two attached hydrogens (primary N) is 1. The summed E-state index contributed by atoms with van der Waals surface area (Å²) in [6.07, 6.45) is 2.46. The molecule has 0 radical (unpaired) electrons. The van der Waals surface area contributed by atoms with Crippen LogP contribution in [0.4, 0.5) is 0 Å². The Kier molecular flexibility index (Phi) is 3.40. The molecule has 0 aromatic heterocycles. The van der Waals surface area contributed by atoms with Crippen molar-refractivity contribution in [2.75, 3.05) is 18.8 Å². The lowest BCUT2D eigenvalue weighted by Crippen LogP contribution is -2.39. The number of rotatable bonds is 3. The molecule has 0 spiro atoms. The van der Waals surface area contributed by atoms with Gasteiger partial charge in [-0.3, -0.25) is 4.79 Å². The molecule has 0 aromatic carbocycles. The van der Waals surface area contributed by atoms with Gasteiger partial charge in [0.2, 0.25) is 5.91 Å². The zero-order valence-electron chi connectivity index (χ0n) is 7.43. The van der Waals surface area contributed by atoms with E-state index in [0.717, 1.165) is 6.54 Å². The Balaban J connectivity index is 2.25. The molecule has 3 N–H and O–H groups in total. The molecule has 1 unspecified atom stereocenters. The molecule has 1 saturated heterocycles. The maximum Gasteiger partial charge on any atom is 0.233 e. The van der Waals surface area contributed by atoms with Crippen molar-refractivity contribution in [3.8, 4) is 0 Å². The highest BCUT2D eigenvalue weighted by molar-refractivity contribution is 8.00. The zero-order valence-corrected chi connectivity index (χ0v) is 8.25. The third kappa shape index (κ3) is 2.68. The topological polar surface area (TPSA) is 55.1 Å². The van der Waals surface area contributed by atoms with Crippen LogP contribution in [-0.2, 0) is 4.79 Å². The normalized spacial score (nSPS) is 28.8. The Morgan fingerprint density at radius 1 is 1.75 bits per heavy atom. The van der Waals surface area contributed by atoms with E-state index in [0.29, 0.717) is 0 Å². The number of hydrogen-bond donors (Lipinski definition) is 2. The fourth-order valence-electron chi connectivity index (χ4n) is 1.33. The number of thioether (sulfide) groups is 1. The van der Waals surface area contributed by atoms with Crippen LogP contribution in [0.1, 0.15) is 19.8 Å². The van der Waals surface area contributed by atoms with Crippen molar-refractivity contribution < 1.29 is 4.79 Å². The molecular formula is C8H16N2OS. The van der Waals surface area contributed by atoms with E-state index in [1.165, 1.54) is 18.6 Å². The van der Waals surface area contributed by atoms with Gasteiger partial charge in [-0.05, 0) is 25.5 Å². The molecule has 0 aromatic rings. The van der Waals surface area contributed by atoms with Gasteiger partial charge in [0.25, 0.3) is 0 Å². The van der Waals surface area contributed by atoms with Crippen molar-refractivity contribution in [2.45, 2.75) is 24.5 Å². The van der Waals surface area contributed by atoms with Crippen molar-refractivity contribution in [3.05, 3.63) is 0 Å². The number of carbonyl (C=O) groups excluding carboxylic acids is 1. The first-order chi connectivity index (χ1) is 5.66. The lowest BCUT2D eigenvalue weighted by atomic mass is 10.1. The molecule has 1 amide bonds. The monoisotopic (exact) mass is 188 g/mol. The van der Waals surface area contributed by atoms with E-state index < -0.39 is 0 Å². The van der Waals surface area contributed by atoms with Crippen molar-refractivity contribution in [1.82, 2.24) is 5.32 Å². The summed E-state index contributed by atoms with van der Waals surface area (Å²) in [6.45, 7) is 3.05. The Bertz CT molecular complexity index is 166. The molecule has 0 aliphatic carbocycles. The summed E-state index contributed by atoms with van der Waals surface area (Å²) in [5, 5.41) is 2.83. The summed E-state index contributed by atoms with van der Waals surface area (Å²) >= 11 is 1.94. The van der Waals surface area contributed by atoms with Crippen molar-refractivity contribution in [1.29, 1.82) is 0 Å². The first kappa shape index (κ1) is 9.86. The highest BCUT2D eigenvalue weighted by atomic mass is 32.2. The van der Waals surface area contributed by atoms with Crippen LogP contribution in [0.25, 0.3) is 0 Å². The average molecular weight is 188 g/mol. The molecule has 4 heteroatoms. The van der Waals surface area contributed by atoms with Crippen LogP contribution in [0.5, 0.6) is 0 Å². The molecule has 1 aliphatic heterocycles. The molecule has 12 heavy (non-hydrogen) atoms. The molecular weight excluding hydrogens is 172 g/mol. The average Bonchev–Trinajstić information content (AvgIpc) is 2.49. The number of nitrogens with one attached hydrogen (secondary N) is 1. The van der Waals surface area contributed by atoms with Crippen LogP contribution in [-0.4, -0.2) is 29.5 Å². The Labute approximate surface area is 77.5 Å². The molecule has 1 heterocycles. The fraction of sp³-hybridized carbons (Fsp3) is 0.875. The van der Waals surface area contributed by atoms with E-state index in [-0.39, 0.29) is 17.2 Å². The minimum atomic E-state index is -0.0521. The standard InChI is InChI=1S/C8H16N2OS/c1-8(3-2-4-12-8)6-10-7(11)5-9/h2-6,9H2,1H3,(H,10,11). The van der Waals surface area contributed by atoms with Gasteiger partial charge in [0.1, 0.15) is 0 Å². The van der Waals surface area contributed by atoms with Gasteiger partial charge in [0, 0.05) is 11.3 Å². The van der Waals surface area contributed by atoms with Crippen LogP contribution in [0.2, 0.25) is 0 Å². The SMILES string of the molecule is CC1(CNC(=O)CN)CCCS1. The second-order valence-electron chi connectivity index (χ2n) is 3.38. The minimum Gasteiger partial charge on any atom is -0.354 e. The maximum atomic E-state index is 10.9. The number of hydrogen-bond acceptors (Lipinski definition) is 3. The maximum absolute atomic E-state index is 10.9. The lowest BCUT2D eigenvalue weighted by molar-refractivity contribution is -0.119. The highest BCUT2D eigenvalue weighted by Gasteiger charge is 2.29. The van der Waals surface area contributed by atoms with Crippen LogP contribution in [0, 0.1) is 0 Å². The van der Waals surface area contributed by atoms with E-state index in [1.54, 1.807) is 0 Å². The lowest BCUT2D eigenvalue weighted by Gasteiger charge is -2.22. The van der Waals surface area contributed by atoms with Gasteiger partial charge < -0.3 is 11.1 Å². The molecule has 70 valence electrons. The largest absolute Gasteiger partial charge is 0.354 e. The predicted octanol–water partition coefficient (Wildman–Crippen LogP) is 0.347. The first-order valence-corrected chi connectivity index (χ1v) is 5.25. The number of carbonyl (C=O) groups is 1. The van der Waals surface area contributed by atoms with E-state index >= 15 is 0 Å². The molecule has 0 bridgehead atoms. The number of amides is 1. The molecule has 3 nitrogen and oxygen atoms in total. The first-order valence-electron chi connectivity index (χ1n) is 4.27.